The van der Waals surface area contributed by atoms with Gasteiger partial charge < -0.3 is 15.8 Å². The Labute approximate surface area is 148 Å². The second kappa shape index (κ2) is 6.93. The summed E-state index contributed by atoms with van der Waals surface area (Å²) in [5.74, 6) is 0.0259. The van der Waals surface area contributed by atoms with Gasteiger partial charge in [-0.1, -0.05) is 6.42 Å². The standard InChI is InChI=1S/C17H25N3O4S/c1-2-24-14-7-6-13(19-16(21)17(18)8-9-17)12-15(14)25(22,23)20-10-4-3-5-11-20/h6-7,12H,2-5,8-11,18H2,1H3,(H,19,21). The highest BCUT2D eigenvalue weighted by molar-refractivity contribution is 7.89. The quantitative estimate of drug-likeness (QED) is 0.797. The molecule has 1 heterocycles. The van der Waals surface area contributed by atoms with E-state index in [9.17, 15) is 13.2 Å². The van der Waals surface area contributed by atoms with E-state index in [2.05, 4.69) is 5.32 Å². The summed E-state index contributed by atoms with van der Waals surface area (Å²) in [6, 6.07) is 4.70. The number of anilines is 1. The van der Waals surface area contributed by atoms with Crippen LogP contribution in [0.1, 0.15) is 39.0 Å². The molecular formula is C17H25N3O4S. The molecule has 0 aromatic heterocycles. The van der Waals surface area contributed by atoms with Crippen LogP contribution in [0.15, 0.2) is 23.1 Å². The van der Waals surface area contributed by atoms with Gasteiger partial charge in [0.05, 0.1) is 12.1 Å². The Kier molecular flexibility index (Phi) is 5.04. The van der Waals surface area contributed by atoms with Crippen molar-refractivity contribution in [1.82, 2.24) is 4.31 Å². The summed E-state index contributed by atoms with van der Waals surface area (Å²) in [6.45, 7) is 3.19. The summed E-state index contributed by atoms with van der Waals surface area (Å²) in [7, 11) is -3.67. The van der Waals surface area contributed by atoms with Crippen LogP contribution in [0.3, 0.4) is 0 Å². The predicted molar refractivity (Wildman–Crippen MR) is 95.0 cm³/mol. The number of piperidine rings is 1. The molecule has 1 aliphatic carbocycles. The van der Waals surface area contributed by atoms with Crippen LogP contribution in [0.5, 0.6) is 5.75 Å². The van der Waals surface area contributed by atoms with Gasteiger partial charge in [0, 0.05) is 18.8 Å². The van der Waals surface area contributed by atoms with Crippen molar-refractivity contribution in [2.45, 2.75) is 49.5 Å². The van der Waals surface area contributed by atoms with E-state index in [1.165, 1.54) is 10.4 Å². The van der Waals surface area contributed by atoms with Crippen molar-refractivity contribution in [1.29, 1.82) is 0 Å². The summed E-state index contributed by atoms with van der Waals surface area (Å²) >= 11 is 0. The highest BCUT2D eigenvalue weighted by Gasteiger charge is 2.46. The summed E-state index contributed by atoms with van der Waals surface area (Å²) < 4.78 is 33.1. The normalized spacial score (nSPS) is 20.1. The third-order valence-corrected chi connectivity index (χ3v) is 6.59. The Morgan fingerprint density at radius 2 is 1.96 bits per heavy atom. The Balaban J connectivity index is 1.91. The highest BCUT2D eigenvalue weighted by atomic mass is 32.2. The van der Waals surface area contributed by atoms with Crippen LogP contribution in [-0.4, -0.2) is 43.9 Å². The number of benzene rings is 1. The number of rotatable bonds is 6. The molecule has 1 saturated carbocycles. The Morgan fingerprint density at radius 3 is 2.56 bits per heavy atom. The zero-order chi connectivity index (χ0) is 18.1. The number of nitrogens with one attached hydrogen (secondary N) is 1. The minimum atomic E-state index is -3.67. The first kappa shape index (κ1) is 18.2. The first-order valence-electron chi connectivity index (χ1n) is 8.74. The van der Waals surface area contributed by atoms with Gasteiger partial charge in [-0.15, -0.1) is 0 Å². The first-order valence-corrected chi connectivity index (χ1v) is 10.2. The zero-order valence-electron chi connectivity index (χ0n) is 14.5. The minimum absolute atomic E-state index is 0.0934. The van der Waals surface area contributed by atoms with E-state index in [0.29, 0.717) is 44.0 Å². The van der Waals surface area contributed by atoms with E-state index in [1.54, 1.807) is 19.1 Å². The summed E-state index contributed by atoms with van der Waals surface area (Å²) in [6.07, 6.45) is 4.05. The van der Waals surface area contributed by atoms with Gasteiger partial charge in [0.25, 0.3) is 0 Å². The number of nitrogens with two attached hydrogens (primary N) is 1. The van der Waals surface area contributed by atoms with Gasteiger partial charge in [-0.25, -0.2) is 8.42 Å². The van der Waals surface area contributed by atoms with Gasteiger partial charge in [0.1, 0.15) is 10.6 Å². The summed E-state index contributed by atoms with van der Waals surface area (Å²) in [5, 5.41) is 2.73. The molecule has 25 heavy (non-hydrogen) atoms. The van der Waals surface area contributed by atoms with E-state index in [-0.39, 0.29) is 10.8 Å². The van der Waals surface area contributed by atoms with Crippen LogP contribution in [0.25, 0.3) is 0 Å². The van der Waals surface area contributed by atoms with E-state index in [0.717, 1.165) is 19.3 Å². The number of amides is 1. The highest BCUT2D eigenvalue weighted by Crippen LogP contribution is 2.35. The third kappa shape index (κ3) is 3.80. The average molecular weight is 367 g/mol. The molecule has 0 bridgehead atoms. The molecule has 7 nitrogen and oxygen atoms in total. The maximum Gasteiger partial charge on any atom is 0.246 e. The molecule has 1 amide bonds. The molecule has 1 saturated heterocycles. The van der Waals surface area contributed by atoms with Gasteiger partial charge in [-0.2, -0.15) is 4.31 Å². The molecule has 1 aromatic rings. The van der Waals surface area contributed by atoms with Gasteiger partial charge in [0.2, 0.25) is 15.9 Å². The summed E-state index contributed by atoms with van der Waals surface area (Å²) in [4.78, 5) is 12.2. The topological polar surface area (TPSA) is 102 Å². The zero-order valence-corrected chi connectivity index (χ0v) is 15.3. The molecule has 0 unspecified atom stereocenters. The van der Waals surface area contributed by atoms with Crippen LogP contribution in [0.4, 0.5) is 5.69 Å². The van der Waals surface area contributed by atoms with Crippen LogP contribution in [-0.2, 0) is 14.8 Å². The van der Waals surface area contributed by atoms with E-state index in [1.807, 2.05) is 0 Å². The molecule has 8 heteroatoms. The SMILES string of the molecule is CCOc1ccc(NC(=O)C2(N)CC2)cc1S(=O)(=O)N1CCCCC1. The number of sulfonamides is 1. The van der Waals surface area contributed by atoms with Crippen molar-refractivity contribution in [3.05, 3.63) is 18.2 Å². The van der Waals surface area contributed by atoms with Crippen molar-refractivity contribution < 1.29 is 17.9 Å². The number of ether oxygens (including phenoxy) is 1. The molecule has 1 aliphatic heterocycles. The van der Waals surface area contributed by atoms with Crippen molar-refractivity contribution in [3.63, 3.8) is 0 Å². The fourth-order valence-electron chi connectivity index (χ4n) is 2.92. The number of carbonyl (C=O) groups is 1. The molecule has 2 aliphatic rings. The van der Waals surface area contributed by atoms with Crippen molar-refractivity contribution >= 4 is 21.6 Å². The number of hydrogen-bond acceptors (Lipinski definition) is 5. The molecule has 1 aromatic carbocycles. The van der Waals surface area contributed by atoms with Gasteiger partial charge in [-0.05, 0) is 50.8 Å². The van der Waals surface area contributed by atoms with E-state index in [4.69, 9.17) is 10.5 Å². The van der Waals surface area contributed by atoms with Crippen LogP contribution < -0.4 is 15.8 Å². The van der Waals surface area contributed by atoms with E-state index >= 15 is 0 Å². The van der Waals surface area contributed by atoms with Crippen molar-refractivity contribution in [3.8, 4) is 5.75 Å². The fourth-order valence-corrected chi connectivity index (χ4v) is 4.60. The Hall–Kier alpha value is -1.64. The maximum absolute atomic E-state index is 13.0. The molecule has 3 N–H and O–H groups in total. The lowest BCUT2D eigenvalue weighted by atomic mass is 10.2. The maximum atomic E-state index is 13.0. The van der Waals surface area contributed by atoms with Gasteiger partial charge >= 0.3 is 0 Å². The lowest BCUT2D eigenvalue weighted by Crippen LogP contribution is -2.38. The molecule has 0 spiro atoms. The fraction of sp³-hybridized carbons (Fsp3) is 0.588. The van der Waals surface area contributed by atoms with Crippen molar-refractivity contribution in [2.75, 3.05) is 25.0 Å². The lowest BCUT2D eigenvalue weighted by molar-refractivity contribution is -0.118. The van der Waals surface area contributed by atoms with E-state index < -0.39 is 15.6 Å². The smallest absolute Gasteiger partial charge is 0.246 e. The largest absolute Gasteiger partial charge is 0.492 e. The second-order valence-corrected chi connectivity index (χ2v) is 8.58. The Bertz CT molecular complexity index is 753. The summed E-state index contributed by atoms with van der Waals surface area (Å²) in [5.41, 5.74) is 5.50. The van der Waals surface area contributed by atoms with Crippen LogP contribution in [0, 0.1) is 0 Å². The molecule has 138 valence electrons. The number of hydrogen-bond donors (Lipinski definition) is 2. The lowest BCUT2D eigenvalue weighted by Gasteiger charge is -2.27. The predicted octanol–water partition coefficient (Wildman–Crippen LogP) is 1.69. The average Bonchev–Trinajstić information content (AvgIpc) is 3.36. The first-order chi connectivity index (χ1) is 11.9. The number of nitrogens with zero attached hydrogens (tertiary/aromatic N) is 1. The molecular weight excluding hydrogens is 342 g/mol. The Morgan fingerprint density at radius 1 is 1.28 bits per heavy atom. The molecule has 0 radical (unpaired) electrons. The minimum Gasteiger partial charge on any atom is -0.492 e. The van der Waals surface area contributed by atoms with Crippen molar-refractivity contribution in [2.24, 2.45) is 5.73 Å². The number of carbonyl (C=O) groups excluding carboxylic acids is 1. The third-order valence-electron chi connectivity index (χ3n) is 4.68. The van der Waals surface area contributed by atoms with Gasteiger partial charge in [-0.3, -0.25) is 4.79 Å². The monoisotopic (exact) mass is 367 g/mol. The van der Waals surface area contributed by atoms with Crippen LogP contribution in [0.2, 0.25) is 0 Å². The second-order valence-electron chi connectivity index (χ2n) is 6.67. The van der Waals surface area contributed by atoms with Crippen LogP contribution >= 0.6 is 0 Å². The molecule has 2 fully saturated rings. The molecule has 3 rings (SSSR count). The van der Waals surface area contributed by atoms with Gasteiger partial charge in [0.15, 0.2) is 0 Å². The molecule has 0 atom stereocenters.